The van der Waals surface area contributed by atoms with E-state index in [9.17, 15) is 9.59 Å². The Morgan fingerprint density at radius 1 is 1.26 bits per heavy atom. The van der Waals surface area contributed by atoms with Crippen LogP contribution in [0.3, 0.4) is 0 Å². The zero-order chi connectivity index (χ0) is 14.1. The molecule has 0 aliphatic heterocycles. The van der Waals surface area contributed by atoms with Crippen molar-refractivity contribution in [3.8, 4) is 11.8 Å². The number of benzene rings is 1. The van der Waals surface area contributed by atoms with Crippen LogP contribution in [0.4, 0.5) is 0 Å². The Balaban J connectivity index is 2.41. The normalized spacial score (nSPS) is 9.32. The summed E-state index contributed by atoms with van der Waals surface area (Å²) >= 11 is 0. The predicted molar refractivity (Wildman–Crippen MR) is 72.6 cm³/mol. The number of hydrogen-bond acceptors (Lipinski definition) is 2. The second-order valence-electron chi connectivity index (χ2n) is 4.13. The van der Waals surface area contributed by atoms with Crippen molar-refractivity contribution in [2.24, 2.45) is 0 Å². The van der Waals surface area contributed by atoms with Gasteiger partial charge in [-0.25, -0.2) is 0 Å². The number of hydrogen-bond donors (Lipinski definition) is 2. The molecule has 1 aromatic rings. The number of carbonyl (C=O) groups is 2. The van der Waals surface area contributed by atoms with E-state index in [4.69, 9.17) is 5.11 Å². The van der Waals surface area contributed by atoms with Crippen LogP contribution >= 0.6 is 0 Å². The Bertz CT molecular complexity index is 494. The molecule has 0 radical (unpaired) electrons. The molecule has 0 aromatic heterocycles. The Morgan fingerprint density at radius 2 is 1.95 bits per heavy atom. The summed E-state index contributed by atoms with van der Waals surface area (Å²) in [5, 5.41) is 11.3. The SMILES string of the molecule is CC(=O)NCCC#Cc1ccc(CCC(=O)O)cc1. The summed E-state index contributed by atoms with van der Waals surface area (Å²) in [6.45, 7) is 2.03. The number of carbonyl (C=O) groups excluding carboxylic acids is 1. The molecular weight excluding hydrogens is 242 g/mol. The molecule has 1 amide bonds. The van der Waals surface area contributed by atoms with Gasteiger partial charge in [0.05, 0.1) is 0 Å². The summed E-state index contributed by atoms with van der Waals surface area (Å²) in [5.41, 5.74) is 1.88. The second kappa shape index (κ2) is 7.93. The van der Waals surface area contributed by atoms with Gasteiger partial charge in [0, 0.05) is 31.9 Å². The van der Waals surface area contributed by atoms with Crippen molar-refractivity contribution in [2.45, 2.75) is 26.2 Å². The molecular formula is C15H17NO3. The summed E-state index contributed by atoms with van der Waals surface area (Å²) in [5.74, 6) is 5.12. The molecule has 0 saturated carbocycles. The van der Waals surface area contributed by atoms with Crippen LogP contribution in [0.2, 0.25) is 0 Å². The Morgan fingerprint density at radius 3 is 2.53 bits per heavy atom. The fraction of sp³-hybridized carbons (Fsp3) is 0.333. The predicted octanol–water partition coefficient (Wildman–Crippen LogP) is 1.58. The van der Waals surface area contributed by atoms with Crippen molar-refractivity contribution in [1.82, 2.24) is 5.32 Å². The quantitative estimate of drug-likeness (QED) is 0.623. The molecule has 0 unspecified atom stereocenters. The molecule has 100 valence electrons. The maximum Gasteiger partial charge on any atom is 0.303 e. The average molecular weight is 259 g/mol. The van der Waals surface area contributed by atoms with E-state index in [0.29, 0.717) is 19.4 Å². The van der Waals surface area contributed by atoms with Gasteiger partial charge in [0.15, 0.2) is 0 Å². The Kier molecular flexibility index (Phi) is 6.17. The van der Waals surface area contributed by atoms with Crippen LogP contribution in [0.1, 0.15) is 30.9 Å². The van der Waals surface area contributed by atoms with Crippen LogP contribution in [0.25, 0.3) is 0 Å². The monoisotopic (exact) mass is 259 g/mol. The smallest absolute Gasteiger partial charge is 0.303 e. The molecule has 0 spiro atoms. The van der Waals surface area contributed by atoms with Crippen molar-refractivity contribution in [2.75, 3.05) is 6.54 Å². The van der Waals surface area contributed by atoms with Crippen molar-refractivity contribution in [3.63, 3.8) is 0 Å². The van der Waals surface area contributed by atoms with E-state index in [2.05, 4.69) is 17.2 Å². The fourth-order valence-electron chi connectivity index (χ4n) is 1.47. The van der Waals surface area contributed by atoms with E-state index in [-0.39, 0.29) is 12.3 Å². The topological polar surface area (TPSA) is 66.4 Å². The van der Waals surface area contributed by atoms with Gasteiger partial charge in [0.25, 0.3) is 0 Å². The Hall–Kier alpha value is -2.28. The molecule has 0 bridgehead atoms. The number of aliphatic carboxylic acids is 1. The molecule has 0 aliphatic rings. The van der Waals surface area contributed by atoms with Gasteiger partial charge in [-0.2, -0.15) is 0 Å². The molecule has 0 aliphatic carbocycles. The molecule has 2 N–H and O–H groups in total. The Labute approximate surface area is 112 Å². The zero-order valence-corrected chi connectivity index (χ0v) is 10.9. The van der Waals surface area contributed by atoms with Gasteiger partial charge >= 0.3 is 5.97 Å². The molecule has 1 rings (SSSR count). The number of aryl methyl sites for hydroxylation is 1. The van der Waals surface area contributed by atoms with Crippen LogP contribution in [-0.2, 0) is 16.0 Å². The van der Waals surface area contributed by atoms with Gasteiger partial charge in [-0.05, 0) is 24.1 Å². The summed E-state index contributed by atoms with van der Waals surface area (Å²) in [7, 11) is 0. The molecule has 0 saturated heterocycles. The van der Waals surface area contributed by atoms with Gasteiger partial charge < -0.3 is 10.4 Å². The number of carboxylic acids is 1. The third-order valence-corrected chi connectivity index (χ3v) is 2.44. The van der Waals surface area contributed by atoms with Gasteiger partial charge in [-0.1, -0.05) is 24.0 Å². The third kappa shape index (κ3) is 6.89. The first-order valence-electron chi connectivity index (χ1n) is 6.12. The van der Waals surface area contributed by atoms with Crippen molar-refractivity contribution in [3.05, 3.63) is 35.4 Å². The highest BCUT2D eigenvalue weighted by Crippen LogP contribution is 2.06. The van der Waals surface area contributed by atoms with E-state index in [1.54, 1.807) is 0 Å². The van der Waals surface area contributed by atoms with Gasteiger partial charge in [-0.3, -0.25) is 9.59 Å². The first-order valence-corrected chi connectivity index (χ1v) is 6.12. The molecule has 0 heterocycles. The fourth-order valence-corrected chi connectivity index (χ4v) is 1.47. The molecule has 4 nitrogen and oxygen atoms in total. The lowest BCUT2D eigenvalue weighted by Crippen LogP contribution is -2.20. The molecule has 19 heavy (non-hydrogen) atoms. The maximum atomic E-state index is 10.6. The lowest BCUT2D eigenvalue weighted by molar-refractivity contribution is -0.137. The highest BCUT2D eigenvalue weighted by Gasteiger charge is 1.98. The summed E-state index contributed by atoms with van der Waals surface area (Å²) in [4.78, 5) is 21.1. The van der Waals surface area contributed by atoms with Gasteiger partial charge in [0.1, 0.15) is 0 Å². The van der Waals surface area contributed by atoms with Gasteiger partial charge in [0.2, 0.25) is 5.91 Å². The highest BCUT2D eigenvalue weighted by atomic mass is 16.4. The third-order valence-electron chi connectivity index (χ3n) is 2.44. The summed E-state index contributed by atoms with van der Waals surface area (Å²) in [6, 6.07) is 7.53. The standard InChI is InChI=1S/C15H17NO3/c1-12(17)16-11-3-2-4-13-5-7-14(8-6-13)9-10-15(18)19/h5-8H,3,9-11H2,1H3,(H,16,17)(H,18,19). The maximum absolute atomic E-state index is 10.6. The van der Waals surface area contributed by atoms with E-state index >= 15 is 0 Å². The zero-order valence-electron chi connectivity index (χ0n) is 10.9. The van der Waals surface area contributed by atoms with Gasteiger partial charge in [-0.15, -0.1) is 0 Å². The highest BCUT2D eigenvalue weighted by molar-refractivity contribution is 5.72. The summed E-state index contributed by atoms with van der Waals surface area (Å²) < 4.78 is 0. The van der Waals surface area contributed by atoms with Crippen LogP contribution in [0.15, 0.2) is 24.3 Å². The summed E-state index contributed by atoms with van der Waals surface area (Å²) in [6.07, 6.45) is 1.29. The lowest BCUT2D eigenvalue weighted by Gasteiger charge is -1.98. The minimum atomic E-state index is -0.790. The lowest BCUT2D eigenvalue weighted by atomic mass is 10.1. The van der Waals surface area contributed by atoms with Crippen molar-refractivity contribution < 1.29 is 14.7 Å². The van der Waals surface area contributed by atoms with E-state index in [0.717, 1.165) is 11.1 Å². The second-order valence-corrected chi connectivity index (χ2v) is 4.13. The molecule has 1 aromatic carbocycles. The largest absolute Gasteiger partial charge is 0.481 e. The molecule has 0 fully saturated rings. The first kappa shape index (κ1) is 14.8. The number of nitrogens with one attached hydrogen (secondary N) is 1. The minimum absolute atomic E-state index is 0.0513. The number of amides is 1. The number of carboxylic acid groups (broad SMARTS) is 1. The van der Waals surface area contributed by atoms with Crippen LogP contribution in [0, 0.1) is 11.8 Å². The van der Waals surface area contributed by atoms with Crippen molar-refractivity contribution in [1.29, 1.82) is 0 Å². The van der Waals surface area contributed by atoms with E-state index in [1.165, 1.54) is 6.92 Å². The van der Waals surface area contributed by atoms with Crippen LogP contribution < -0.4 is 5.32 Å². The minimum Gasteiger partial charge on any atom is -0.481 e. The first-order chi connectivity index (χ1) is 9.08. The molecule has 0 atom stereocenters. The molecule has 4 heteroatoms. The average Bonchev–Trinajstić information content (AvgIpc) is 2.37. The van der Waals surface area contributed by atoms with Crippen LogP contribution in [0.5, 0.6) is 0 Å². The number of rotatable bonds is 5. The van der Waals surface area contributed by atoms with Crippen LogP contribution in [-0.4, -0.2) is 23.5 Å². The van der Waals surface area contributed by atoms with Crippen molar-refractivity contribution >= 4 is 11.9 Å². The van der Waals surface area contributed by atoms with E-state index in [1.807, 2.05) is 24.3 Å². The van der Waals surface area contributed by atoms with E-state index < -0.39 is 5.97 Å².